The Hall–Kier alpha value is -2.10. The molecule has 0 radical (unpaired) electrons. The maximum Gasteiger partial charge on any atom is 0.499 e. The molecular weight excluding hydrogens is 333 g/mol. The summed E-state index contributed by atoms with van der Waals surface area (Å²) in [5, 5.41) is 1.37. The first-order valence-electron chi connectivity index (χ1n) is 5.57. The fourth-order valence-electron chi connectivity index (χ4n) is 1.45. The normalized spacial score (nSPS) is 17.8. The van der Waals surface area contributed by atoms with E-state index in [1.807, 2.05) is 5.32 Å². The van der Waals surface area contributed by atoms with Gasteiger partial charge in [0.25, 0.3) is 11.1 Å². The summed E-state index contributed by atoms with van der Waals surface area (Å²) in [6.07, 6.45) is -10.0. The van der Waals surface area contributed by atoms with Crippen molar-refractivity contribution in [1.82, 2.24) is 5.32 Å². The second kappa shape index (κ2) is 5.59. The minimum atomic E-state index is -5.85. The van der Waals surface area contributed by atoms with E-state index in [1.165, 1.54) is 18.2 Å². The first kappa shape index (κ1) is 16.3. The number of alkyl halides is 5. The van der Waals surface area contributed by atoms with Crippen LogP contribution in [0.3, 0.4) is 0 Å². The van der Waals surface area contributed by atoms with Crippen LogP contribution in [0, 0.1) is 0 Å². The van der Waals surface area contributed by atoms with E-state index in [-0.39, 0.29) is 10.5 Å². The third kappa shape index (κ3) is 3.56. The molecule has 1 aliphatic rings. The Balaban J connectivity index is 2.23. The lowest BCUT2D eigenvalue weighted by Crippen LogP contribution is -2.41. The van der Waals surface area contributed by atoms with Gasteiger partial charge in [-0.25, -0.2) is 0 Å². The standard InChI is InChI=1S/C12H6F5NO3S/c13-11(14,15)12(16,17)21-7-3-1-2-6(4-7)5-8-9(19)18-10(20)22-8/h1-5H,(H,18,19,20)/b8-5+. The molecule has 10 heteroatoms. The molecule has 0 spiro atoms. The Kier molecular flexibility index (Phi) is 4.14. The van der Waals surface area contributed by atoms with Gasteiger partial charge in [0.2, 0.25) is 0 Å². The lowest BCUT2D eigenvalue weighted by Gasteiger charge is -2.20. The summed E-state index contributed by atoms with van der Waals surface area (Å²) >= 11 is 0.584. The van der Waals surface area contributed by atoms with Gasteiger partial charge in [0, 0.05) is 0 Å². The van der Waals surface area contributed by atoms with Crippen molar-refractivity contribution < 1.29 is 36.3 Å². The second-order valence-electron chi connectivity index (χ2n) is 4.04. The number of amides is 2. The van der Waals surface area contributed by atoms with Crippen LogP contribution < -0.4 is 10.1 Å². The molecule has 0 unspecified atom stereocenters. The highest BCUT2D eigenvalue weighted by Gasteiger charge is 2.61. The highest BCUT2D eigenvalue weighted by molar-refractivity contribution is 8.18. The summed E-state index contributed by atoms with van der Waals surface area (Å²) in [5.74, 6) is -1.41. The molecule has 1 N–H and O–H groups in total. The van der Waals surface area contributed by atoms with E-state index in [1.54, 1.807) is 0 Å². The van der Waals surface area contributed by atoms with Crippen molar-refractivity contribution in [2.24, 2.45) is 0 Å². The second-order valence-corrected chi connectivity index (χ2v) is 5.06. The lowest BCUT2D eigenvalue weighted by molar-refractivity contribution is -0.360. The van der Waals surface area contributed by atoms with Crippen LogP contribution in [-0.4, -0.2) is 23.4 Å². The van der Waals surface area contributed by atoms with Crippen LogP contribution in [0.4, 0.5) is 26.7 Å². The Morgan fingerprint density at radius 1 is 1.14 bits per heavy atom. The zero-order valence-corrected chi connectivity index (χ0v) is 11.2. The van der Waals surface area contributed by atoms with Gasteiger partial charge in [0.05, 0.1) is 4.91 Å². The highest BCUT2D eigenvalue weighted by Crippen LogP contribution is 2.37. The molecule has 118 valence electrons. The Bertz CT molecular complexity index is 656. The SMILES string of the molecule is O=C1NC(=O)/C(=C\c2cccc(OC(F)(F)C(F)(F)F)c2)S1. The maximum atomic E-state index is 12.8. The monoisotopic (exact) mass is 339 g/mol. The Morgan fingerprint density at radius 3 is 2.36 bits per heavy atom. The predicted molar refractivity (Wildman–Crippen MR) is 67.2 cm³/mol. The molecule has 2 rings (SSSR count). The molecule has 0 aromatic heterocycles. The van der Waals surface area contributed by atoms with E-state index in [2.05, 4.69) is 4.74 Å². The van der Waals surface area contributed by atoms with E-state index in [0.717, 1.165) is 12.1 Å². The van der Waals surface area contributed by atoms with Gasteiger partial charge in [0.1, 0.15) is 5.75 Å². The number of benzene rings is 1. The lowest BCUT2D eigenvalue weighted by atomic mass is 10.2. The summed E-state index contributed by atoms with van der Waals surface area (Å²) in [7, 11) is 0. The number of halogens is 5. The topological polar surface area (TPSA) is 55.4 Å². The van der Waals surface area contributed by atoms with Gasteiger partial charge in [-0.1, -0.05) is 12.1 Å². The molecule has 1 aromatic rings. The molecular formula is C12H6F5NO3S. The number of carbonyl (C=O) groups is 2. The predicted octanol–water partition coefficient (Wildman–Crippen LogP) is 3.54. The molecule has 0 bridgehead atoms. The minimum absolute atomic E-state index is 0.00951. The molecule has 4 nitrogen and oxygen atoms in total. The number of hydrogen-bond acceptors (Lipinski definition) is 4. The number of carbonyl (C=O) groups excluding carboxylic acids is 2. The first-order valence-corrected chi connectivity index (χ1v) is 6.38. The molecule has 1 heterocycles. The summed E-state index contributed by atoms with van der Waals surface area (Å²) in [5.41, 5.74) is 0.128. The van der Waals surface area contributed by atoms with Crippen LogP contribution in [0.15, 0.2) is 29.2 Å². The summed E-state index contributed by atoms with van der Waals surface area (Å²) in [4.78, 5) is 22.3. The first-order chi connectivity index (χ1) is 10.1. The van der Waals surface area contributed by atoms with Crippen LogP contribution in [0.1, 0.15) is 5.56 Å². The van der Waals surface area contributed by atoms with E-state index in [4.69, 9.17) is 0 Å². The van der Waals surface area contributed by atoms with Crippen LogP contribution in [0.2, 0.25) is 0 Å². The zero-order chi connectivity index (χ0) is 16.5. The zero-order valence-electron chi connectivity index (χ0n) is 10.4. The molecule has 1 saturated heterocycles. The quantitative estimate of drug-likeness (QED) is 0.676. The van der Waals surface area contributed by atoms with Crippen molar-refractivity contribution in [3.05, 3.63) is 34.7 Å². The minimum Gasteiger partial charge on any atom is -0.426 e. The molecule has 1 aromatic carbocycles. The molecule has 2 amide bonds. The Labute approximate surface area is 124 Å². The van der Waals surface area contributed by atoms with Crippen molar-refractivity contribution in [3.63, 3.8) is 0 Å². The molecule has 22 heavy (non-hydrogen) atoms. The van der Waals surface area contributed by atoms with Gasteiger partial charge >= 0.3 is 12.3 Å². The van der Waals surface area contributed by atoms with Gasteiger partial charge < -0.3 is 4.74 Å². The highest BCUT2D eigenvalue weighted by atomic mass is 32.2. The molecule has 0 atom stereocenters. The van der Waals surface area contributed by atoms with Crippen molar-refractivity contribution in [3.8, 4) is 5.75 Å². The fraction of sp³-hybridized carbons (Fsp3) is 0.167. The number of thioether (sulfide) groups is 1. The van der Waals surface area contributed by atoms with Crippen LogP contribution in [-0.2, 0) is 4.79 Å². The summed E-state index contributed by atoms with van der Waals surface area (Å²) in [6, 6.07) is 4.33. The van der Waals surface area contributed by atoms with Gasteiger partial charge in [0.15, 0.2) is 0 Å². The smallest absolute Gasteiger partial charge is 0.426 e. The van der Waals surface area contributed by atoms with Crippen molar-refractivity contribution in [2.45, 2.75) is 12.3 Å². The molecule has 1 fully saturated rings. The molecule has 0 saturated carbocycles. The van der Waals surface area contributed by atoms with Crippen molar-refractivity contribution in [2.75, 3.05) is 0 Å². The number of rotatable bonds is 3. The van der Waals surface area contributed by atoms with Crippen LogP contribution in [0.5, 0.6) is 5.75 Å². The largest absolute Gasteiger partial charge is 0.499 e. The van der Waals surface area contributed by atoms with Crippen LogP contribution >= 0.6 is 11.8 Å². The summed E-state index contributed by atoms with van der Waals surface area (Å²) < 4.78 is 65.4. The van der Waals surface area contributed by atoms with Crippen molar-refractivity contribution in [1.29, 1.82) is 0 Å². The fourth-order valence-corrected chi connectivity index (χ4v) is 2.13. The number of nitrogens with one attached hydrogen (secondary N) is 1. The third-order valence-electron chi connectivity index (χ3n) is 2.37. The van der Waals surface area contributed by atoms with Crippen molar-refractivity contribution >= 4 is 29.0 Å². The van der Waals surface area contributed by atoms with E-state index >= 15 is 0 Å². The third-order valence-corrected chi connectivity index (χ3v) is 3.18. The van der Waals surface area contributed by atoms with Gasteiger partial charge in [-0.3, -0.25) is 14.9 Å². The molecule has 1 aliphatic heterocycles. The average Bonchev–Trinajstić information content (AvgIpc) is 2.66. The van der Waals surface area contributed by atoms with Gasteiger partial charge in [-0.2, -0.15) is 22.0 Å². The van der Waals surface area contributed by atoms with E-state index in [0.29, 0.717) is 11.8 Å². The van der Waals surface area contributed by atoms with Gasteiger partial charge in [-0.05, 0) is 35.5 Å². The maximum absolute atomic E-state index is 12.8. The van der Waals surface area contributed by atoms with E-state index in [9.17, 15) is 31.5 Å². The Morgan fingerprint density at radius 2 is 1.82 bits per heavy atom. The van der Waals surface area contributed by atoms with E-state index < -0.39 is 29.2 Å². The number of hydrogen-bond donors (Lipinski definition) is 1. The molecule has 0 aliphatic carbocycles. The number of imide groups is 1. The van der Waals surface area contributed by atoms with Gasteiger partial charge in [-0.15, -0.1) is 0 Å². The number of ether oxygens (including phenoxy) is 1. The summed E-state index contributed by atoms with van der Waals surface area (Å²) in [6.45, 7) is 0. The van der Waals surface area contributed by atoms with Crippen LogP contribution in [0.25, 0.3) is 6.08 Å². The average molecular weight is 339 g/mol.